The molecule has 2 aromatic heterocycles. The average molecular weight is 429 g/mol. The number of aliphatic hydroxyl groups is 1. The number of carbonyl (C=O) groups excluding carboxylic acids is 1. The molecule has 0 spiro atoms. The quantitative estimate of drug-likeness (QED) is 0.393. The number of pyridine rings is 1. The van der Waals surface area contributed by atoms with Crippen LogP contribution in [0, 0.1) is 0 Å². The second-order valence-electron chi connectivity index (χ2n) is 8.60. The summed E-state index contributed by atoms with van der Waals surface area (Å²) in [5, 5.41) is 25.8. The van der Waals surface area contributed by atoms with E-state index in [4.69, 9.17) is 16.5 Å². The zero-order valence-electron chi connectivity index (χ0n) is 17.5. The monoisotopic (exact) mass is 429 g/mol. The van der Waals surface area contributed by atoms with Gasteiger partial charge in [0.05, 0.1) is 22.9 Å². The van der Waals surface area contributed by atoms with E-state index in [2.05, 4.69) is 5.10 Å². The van der Waals surface area contributed by atoms with Crippen LogP contribution in [0.4, 0.5) is 5.82 Å². The third kappa shape index (κ3) is 3.25. The van der Waals surface area contributed by atoms with Crippen molar-refractivity contribution in [1.29, 1.82) is 0 Å². The molecule has 2 aromatic carbocycles. The molecule has 0 bridgehead atoms. The van der Waals surface area contributed by atoms with Crippen LogP contribution < -0.4 is 11.5 Å². The van der Waals surface area contributed by atoms with Gasteiger partial charge in [0.25, 0.3) is 5.91 Å². The van der Waals surface area contributed by atoms with Crippen LogP contribution in [0.3, 0.4) is 0 Å². The Hall–Kier alpha value is -3.91. The Kier molecular flexibility index (Phi) is 4.42. The van der Waals surface area contributed by atoms with Gasteiger partial charge in [-0.15, -0.1) is 0 Å². The summed E-state index contributed by atoms with van der Waals surface area (Å²) in [4.78, 5) is 16.9. The van der Waals surface area contributed by atoms with Gasteiger partial charge < -0.3 is 21.7 Å². The first kappa shape index (κ1) is 20.0. The fourth-order valence-corrected chi connectivity index (χ4v) is 4.41. The Morgan fingerprint density at radius 3 is 2.50 bits per heavy atom. The number of carbonyl (C=O) groups is 1. The Balaban J connectivity index is 1.64. The number of nitrogens with two attached hydrogens (primary N) is 2. The van der Waals surface area contributed by atoms with E-state index in [-0.39, 0.29) is 23.2 Å². The maximum Gasteiger partial charge on any atom is 0.254 e. The molecule has 1 saturated carbocycles. The molecule has 0 radical (unpaired) electrons. The van der Waals surface area contributed by atoms with Crippen molar-refractivity contribution in [3.63, 3.8) is 0 Å². The Morgan fingerprint density at radius 1 is 1.12 bits per heavy atom. The van der Waals surface area contributed by atoms with Crippen LogP contribution in [0.15, 0.2) is 54.6 Å². The SMILES string of the molecule is C[C@]1(O)C[C@@H](n2nc(-c3ccc4c(O)cc(-c5ccccc5)nc4c3)c(C(N)=O)c2N)C1. The molecule has 1 fully saturated rings. The topological polar surface area (TPSA) is 140 Å². The first-order valence-corrected chi connectivity index (χ1v) is 10.3. The third-order valence-electron chi connectivity index (χ3n) is 6.02. The summed E-state index contributed by atoms with van der Waals surface area (Å²) in [6, 6.07) is 16.3. The fourth-order valence-electron chi connectivity index (χ4n) is 4.41. The predicted octanol–water partition coefficient (Wildman–Crippen LogP) is 3.24. The highest BCUT2D eigenvalue weighted by Crippen LogP contribution is 2.43. The molecule has 1 aliphatic rings. The van der Waals surface area contributed by atoms with Crippen LogP contribution in [0.1, 0.15) is 36.2 Å². The molecule has 0 aliphatic heterocycles. The third-order valence-corrected chi connectivity index (χ3v) is 6.02. The molecule has 4 aromatic rings. The number of anilines is 1. The Bertz CT molecular complexity index is 1350. The van der Waals surface area contributed by atoms with Crippen molar-refractivity contribution in [2.75, 3.05) is 5.73 Å². The molecule has 162 valence electrons. The molecular formula is C24H23N5O3. The summed E-state index contributed by atoms with van der Waals surface area (Å²) in [5.41, 5.74) is 14.3. The van der Waals surface area contributed by atoms with Gasteiger partial charge in [0.2, 0.25) is 0 Å². The van der Waals surface area contributed by atoms with Gasteiger partial charge in [0, 0.05) is 22.6 Å². The van der Waals surface area contributed by atoms with E-state index >= 15 is 0 Å². The molecule has 8 nitrogen and oxygen atoms in total. The maximum atomic E-state index is 12.2. The number of hydrogen-bond acceptors (Lipinski definition) is 6. The van der Waals surface area contributed by atoms with Crippen molar-refractivity contribution in [3.05, 3.63) is 60.2 Å². The number of aromatic hydroxyl groups is 1. The number of fused-ring (bicyclic) bond motifs is 1. The number of primary amides is 1. The van der Waals surface area contributed by atoms with E-state index in [1.807, 2.05) is 30.3 Å². The molecule has 5 rings (SSSR count). The predicted molar refractivity (Wildman–Crippen MR) is 122 cm³/mol. The number of nitrogen functional groups attached to an aromatic ring is 1. The molecule has 32 heavy (non-hydrogen) atoms. The van der Waals surface area contributed by atoms with Crippen LogP contribution in [-0.4, -0.2) is 36.5 Å². The maximum absolute atomic E-state index is 12.2. The summed E-state index contributed by atoms with van der Waals surface area (Å²) in [7, 11) is 0. The molecule has 8 heteroatoms. The lowest BCUT2D eigenvalue weighted by Crippen LogP contribution is -2.42. The van der Waals surface area contributed by atoms with Crippen molar-refractivity contribution >= 4 is 22.6 Å². The van der Waals surface area contributed by atoms with E-state index in [1.54, 1.807) is 35.9 Å². The summed E-state index contributed by atoms with van der Waals surface area (Å²) in [6.45, 7) is 1.75. The van der Waals surface area contributed by atoms with Crippen LogP contribution in [0.25, 0.3) is 33.4 Å². The lowest BCUT2D eigenvalue weighted by atomic mass is 9.77. The lowest BCUT2D eigenvalue weighted by molar-refractivity contribution is -0.0535. The highest BCUT2D eigenvalue weighted by atomic mass is 16.3. The van der Waals surface area contributed by atoms with Crippen molar-refractivity contribution in [2.45, 2.75) is 31.4 Å². The van der Waals surface area contributed by atoms with Gasteiger partial charge in [-0.1, -0.05) is 36.4 Å². The van der Waals surface area contributed by atoms with E-state index < -0.39 is 11.5 Å². The van der Waals surface area contributed by atoms with Gasteiger partial charge in [-0.25, -0.2) is 9.67 Å². The number of nitrogens with zero attached hydrogens (tertiary/aromatic N) is 3. The minimum absolute atomic E-state index is 0.107. The molecule has 1 aliphatic carbocycles. The average Bonchev–Trinajstić information content (AvgIpc) is 3.09. The summed E-state index contributed by atoms with van der Waals surface area (Å²) >= 11 is 0. The highest BCUT2D eigenvalue weighted by molar-refractivity contribution is 6.04. The minimum atomic E-state index is -0.770. The summed E-state index contributed by atoms with van der Waals surface area (Å²) in [5.74, 6) is -0.386. The zero-order valence-corrected chi connectivity index (χ0v) is 17.5. The van der Waals surface area contributed by atoms with Gasteiger partial charge in [-0.2, -0.15) is 5.10 Å². The molecule has 0 unspecified atom stereocenters. The Morgan fingerprint density at radius 2 is 1.84 bits per heavy atom. The van der Waals surface area contributed by atoms with E-state index in [0.29, 0.717) is 40.7 Å². The van der Waals surface area contributed by atoms with Crippen molar-refractivity contribution in [1.82, 2.24) is 14.8 Å². The standard InChI is InChI=1S/C24H23N5O3/c1-24(32)11-15(12-24)29-22(25)20(23(26)31)21(28-29)14-7-8-16-18(9-14)27-17(10-19(16)30)13-5-3-2-4-6-13/h2-10,15,32H,11-12,25H2,1H3,(H2,26,31)(H,27,30)/t15-,24+. The van der Waals surface area contributed by atoms with Gasteiger partial charge in [-0.3, -0.25) is 4.79 Å². The van der Waals surface area contributed by atoms with E-state index in [9.17, 15) is 15.0 Å². The first-order chi connectivity index (χ1) is 15.2. The number of aromatic nitrogens is 3. The van der Waals surface area contributed by atoms with Crippen molar-refractivity contribution in [3.8, 4) is 28.3 Å². The summed E-state index contributed by atoms with van der Waals surface area (Å²) < 4.78 is 1.57. The number of hydrogen-bond donors (Lipinski definition) is 4. The van der Waals surface area contributed by atoms with Crippen LogP contribution in [-0.2, 0) is 0 Å². The van der Waals surface area contributed by atoms with Crippen molar-refractivity contribution in [2.24, 2.45) is 5.73 Å². The van der Waals surface area contributed by atoms with Crippen molar-refractivity contribution < 1.29 is 15.0 Å². The van der Waals surface area contributed by atoms with Crippen LogP contribution >= 0.6 is 0 Å². The number of rotatable bonds is 4. The summed E-state index contributed by atoms with van der Waals surface area (Å²) in [6.07, 6.45) is 0.980. The molecular weight excluding hydrogens is 406 g/mol. The molecule has 6 N–H and O–H groups in total. The van der Waals surface area contributed by atoms with Gasteiger partial charge in [0.1, 0.15) is 22.8 Å². The normalized spacial score (nSPS) is 20.2. The van der Waals surface area contributed by atoms with E-state index in [0.717, 1.165) is 5.56 Å². The Labute approximate surface area is 184 Å². The lowest BCUT2D eigenvalue weighted by Gasteiger charge is -2.41. The molecule has 2 heterocycles. The van der Waals surface area contributed by atoms with Gasteiger partial charge >= 0.3 is 0 Å². The van der Waals surface area contributed by atoms with E-state index in [1.165, 1.54) is 0 Å². The minimum Gasteiger partial charge on any atom is -0.507 e. The second-order valence-corrected chi connectivity index (χ2v) is 8.60. The molecule has 0 atom stereocenters. The highest BCUT2D eigenvalue weighted by Gasteiger charge is 2.41. The van der Waals surface area contributed by atoms with Crippen LogP contribution in [0.2, 0.25) is 0 Å². The number of benzene rings is 2. The van der Waals surface area contributed by atoms with Gasteiger partial charge in [0.15, 0.2) is 0 Å². The number of amides is 1. The fraction of sp³-hybridized carbons (Fsp3) is 0.208. The molecule has 1 amide bonds. The second kappa shape index (κ2) is 7.06. The molecule has 0 saturated heterocycles. The first-order valence-electron chi connectivity index (χ1n) is 10.3. The van der Waals surface area contributed by atoms with Crippen LogP contribution in [0.5, 0.6) is 5.75 Å². The zero-order chi connectivity index (χ0) is 22.6. The smallest absolute Gasteiger partial charge is 0.254 e. The van der Waals surface area contributed by atoms with Gasteiger partial charge in [-0.05, 0) is 31.9 Å². The largest absolute Gasteiger partial charge is 0.507 e.